The van der Waals surface area contributed by atoms with Crippen LogP contribution in [0.2, 0.25) is 0 Å². The largest absolute Gasteiger partial charge is 0.444 e. The van der Waals surface area contributed by atoms with E-state index < -0.39 is 0 Å². The highest BCUT2D eigenvalue weighted by molar-refractivity contribution is 5.78. The molecule has 0 atom stereocenters. The van der Waals surface area contributed by atoms with Crippen LogP contribution >= 0.6 is 0 Å². The van der Waals surface area contributed by atoms with Crippen molar-refractivity contribution in [3.05, 3.63) is 83.9 Å². The molecule has 0 saturated carbocycles. The molecular formula is C22H19N3O3. The zero-order chi connectivity index (χ0) is 19.3. The lowest BCUT2D eigenvalue weighted by Gasteiger charge is -2.02. The van der Waals surface area contributed by atoms with Crippen LogP contribution in [0.5, 0.6) is 0 Å². The molecule has 0 aliphatic rings. The molecule has 0 saturated heterocycles. The first-order valence-electron chi connectivity index (χ1n) is 8.98. The van der Waals surface area contributed by atoms with Gasteiger partial charge in [0.2, 0.25) is 11.8 Å². The third-order valence-corrected chi connectivity index (χ3v) is 4.42. The summed E-state index contributed by atoms with van der Waals surface area (Å²) < 4.78 is 10.9. The van der Waals surface area contributed by atoms with Crippen molar-refractivity contribution >= 4 is 5.91 Å². The standard InChI is InChI=1S/C22H19N3O3/c1-15-19(25-28-21(15)16-8-4-2-5-9-16)13-23-20(26)12-18-14-27-22(24-18)17-10-6-3-7-11-17/h2-11,14H,12-13H2,1H3,(H,23,26). The van der Waals surface area contributed by atoms with Gasteiger partial charge in [-0.3, -0.25) is 4.79 Å². The molecule has 1 amide bonds. The molecule has 2 aromatic carbocycles. The van der Waals surface area contributed by atoms with Crippen molar-refractivity contribution in [2.75, 3.05) is 0 Å². The van der Waals surface area contributed by atoms with E-state index in [0.29, 0.717) is 29.6 Å². The Labute approximate surface area is 162 Å². The van der Waals surface area contributed by atoms with Crippen LogP contribution in [0.15, 0.2) is 75.9 Å². The highest BCUT2D eigenvalue weighted by Gasteiger charge is 2.15. The normalized spacial score (nSPS) is 10.8. The molecule has 2 aromatic heterocycles. The van der Waals surface area contributed by atoms with Gasteiger partial charge in [0.1, 0.15) is 12.0 Å². The van der Waals surface area contributed by atoms with Crippen LogP contribution in [0.25, 0.3) is 22.8 Å². The summed E-state index contributed by atoms with van der Waals surface area (Å²) in [4.78, 5) is 16.6. The summed E-state index contributed by atoms with van der Waals surface area (Å²) in [6, 6.07) is 19.3. The maximum atomic E-state index is 12.3. The minimum Gasteiger partial charge on any atom is -0.444 e. The Morgan fingerprint density at radius 3 is 2.39 bits per heavy atom. The number of oxazole rings is 1. The van der Waals surface area contributed by atoms with E-state index in [1.165, 1.54) is 6.26 Å². The van der Waals surface area contributed by atoms with E-state index in [0.717, 1.165) is 16.7 Å². The van der Waals surface area contributed by atoms with Gasteiger partial charge in [-0.15, -0.1) is 0 Å². The second-order valence-electron chi connectivity index (χ2n) is 6.41. The Kier molecular flexibility index (Phi) is 5.01. The maximum Gasteiger partial charge on any atom is 0.226 e. The quantitative estimate of drug-likeness (QED) is 0.549. The summed E-state index contributed by atoms with van der Waals surface area (Å²) in [6.45, 7) is 2.23. The zero-order valence-corrected chi connectivity index (χ0v) is 15.4. The number of amides is 1. The SMILES string of the molecule is Cc1c(CNC(=O)Cc2coc(-c3ccccc3)n2)noc1-c1ccccc1. The number of carbonyl (C=O) groups is 1. The molecule has 0 fully saturated rings. The monoisotopic (exact) mass is 373 g/mol. The Morgan fingerprint density at radius 2 is 1.68 bits per heavy atom. The van der Waals surface area contributed by atoms with Crippen LogP contribution in [0.1, 0.15) is 17.0 Å². The summed E-state index contributed by atoms with van der Waals surface area (Å²) in [5, 5.41) is 6.95. The molecule has 6 nitrogen and oxygen atoms in total. The van der Waals surface area contributed by atoms with Crippen LogP contribution in [-0.4, -0.2) is 16.0 Å². The minimum atomic E-state index is -0.156. The van der Waals surface area contributed by atoms with Crippen molar-refractivity contribution in [2.24, 2.45) is 0 Å². The third-order valence-electron chi connectivity index (χ3n) is 4.42. The van der Waals surface area contributed by atoms with E-state index in [1.807, 2.05) is 67.6 Å². The van der Waals surface area contributed by atoms with E-state index >= 15 is 0 Å². The number of nitrogens with one attached hydrogen (secondary N) is 1. The van der Waals surface area contributed by atoms with E-state index in [4.69, 9.17) is 8.94 Å². The molecule has 1 N–H and O–H groups in total. The average molecular weight is 373 g/mol. The molecule has 6 heteroatoms. The van der Waals surface area contributed by atoms with Gasteiger partial charge < -0.3 is 14.3 Å². The lowest BCUT2D eigenvalue weighted by molar-refractivity contribution is -0.120. The summed E-state index contributed by atoms with van der Waals surface area (Å²) in [6.07, 6.45) is 1.65. The van der Waals surface area contributed by atoms with Gasteiger partial charge in [-0.1, -0.05) is 53.7 Å². The Morgan fingerprint density at radius 1 is 1.00 bits per heavy atom. The third kappa shape index (κ3) is 3.86. The molecule has 0 spiro atoms. The van der Waals surface area contributed by atoms with E-state index in [2.05, 4.69) is 15.5 Å². The number of hydrogen-bond donors (Lipinski definition) is 1. The first-order valence-corrected chi connectivity index (χ1v) is 8.98. The van der Waals surface area contributed by atoms with E-state index in [-0.39, 0.29) is 12.3 Å². The number of carbonyl (C=O) groups excluding carboxylic acids is 1. The molecule has 2 heterocycles. The Hall–Kier alpha value is -3.67. The van der Waals surface area contributed by atoms with Gasteiger partial charge in [-0.2, -0.15) is 0 Å². The molecule has 0 aliphatic carbocycles. The van der Waals surface area contributed by atoms with Crippen LogP contribution in [0.4, 0.5) is 0 Å². The Balaban J connectivity index is 1.37. The highest BCUT2D eigenvalue weighted by atomic mass is 16.5. The first kappa shape index (κ1) is 17.7. The fourth-order valence-corrected chi connectivity index (χ4v) is 2.90. The summed E-state index contributed by atoms with van der Waals surface area (Å²) >= 11 is 0. The fourth-order valence-electron chi connectivity index (χ4n) is 2.90. The summed E-state index contributed by atoms with van der Waals surface area (Å²) in [5.41, 5.74) is 4.04. The molecule has 4 rings (SSSR count). The first-order chi connectivity index (χ1) is 13.7. The minimum absolute atomic E-state index is 0.138. The Bertz CT molecular complexity index is 1070. The fraction of sp³-hybridized carbons (Fsp3) is 0.136. The van der Waals surface area contributed by atoms with Gasteiger partial charge in [-0.05, 0) is 19.1 Å². The molecule has 0 bridgehead atoms. The van der Waals surface area contributed by atoms with Gasteiger partial charge in [-0.25, -0.2) is 4.98 Å². The van der Waals surface area contributed by atoms with Gasteiger partial charge in [0.25, 0.3) is 0 Å². The van der Waals surface area contributed by atoms with Gasteiger partial charge >= 0.3 is 0 Å². The molecular weight excluding hydrogens is 354 g/mol. The highest BCUT2D eigenvalue weighted by Crippen LogP contribution is 2.25. The van der Waals surface area contributed by atoms with Crippen molar-refractivity contribution in [2.45, 2.75) is 19.9 Å². The van der Waals surface area contributed by atoms with Crippen LogP contribution in [0.3, 0.4) is 0 Å². The molecule has 28 heavy (non-hydrogen) atoms. The average Bonchev–Trinajstić information content (AvgIpc) is 3.34. The van der Waals surface area contributed by atoms with E-state index in [9.17, 15) is 4.79 Å². The maximum absolute atomic E-state index is 12.3. The smallest absolute Gasteiger partial charge is 0.226 e. The predicted molar refractivity (Wildman–Crippen MR) is 104 cm³/mol. The number of benzene rings is 2. The van der Waals surface area contributed by atoms with Crippen LogP contribution < -0.4 is 5.32 Å². The number of aromatic nitrogens is 2. The zero-order valence-electron chi connectivity index (χ0n) is 15.4. The molecule has 0 aliphatic heterocycles. The number of nitrogens with zero attached hydrogens (tertiary/aromatic N) is 2. The van der Waals surface area contributed by atoms with Crippen molar-refractivity contribution < 1.29 is 13.7 Å². The molecule has 4 aromatic rings. The second-order valence-corrected chi connectivity index (χ2v) is 6.41. The van der Waals surface area contributed by atoms with Crippen molar-refractivity contribution in [1.29, 1.82) is 0 Å². The van der Waals surface area contributed by atoms with Crippen LogP contribution in [0, 0.1) is 6.92 Å². The van der Waals surface area contributed by atoms with Gasteiger partial charge in [0.15, 0.2) is 5.76 Å². The van der Waals surface area contributed by atoms with Gasteiger partial charge in [0.05, 0.1) is 18.7 Å². The molecule has 0 radical (unpaired) electrons. The van der Waals surface area contributed by atoms with Crippen LogP contribution in [-0.2, 0) is 17.8 Å². The number of rotatable bonds is 6. The van der Waals surface area contributed by atoms with Gasteiger partial charge in [0, 0.05) is 16.7 Å². The predicted octanol–water partition coefficient (Wildman–Crippen LogP) is 4.16. The number of hydrogen-bond acceptors (Lipinski definition) is 5. The van der Waals surface area contributed by atoms with E-state index in [1.54, 1.807) is 0 Å². The summed E-state index contributed by atoms with van der Waals surface area (Å²) in [5.74, 6) is 1.06. The lowest BCUT2D eigenvalue weighted by Crippen LogP contribution is -2.25. The topological polar surface area (TPSA) is 81.2 Å². The van der Waals surface area contributed by atoms with Crippen molar-refractivity contribution in [3.8, 4) is 22.8 Å². The summed E-state index contributed by atoms with van der Waals surface area (Å²) in [7, 11) is 0. The van der Waals surface area contributed by atoms with Crippen molar-refractivity contribution in [1.82, 2.24) is 15.5 Å². The second kappa shape index (κ2) is 7.92. The molecule has 0 unspecified atom stereocenters. The lowest BCUT2D eigenvalue weighted by atomic mass is 10.1. The molecule has 140 valence electrons. The van der Waals surface area contributed by atoms with Crippen molar-refractivity contribution in [3.63, 3.8) is 0 Å².